The van der Waals surface area contributed by atoms with Gasteiger partial charge in [-0.25, -0.2) is 4.39 Å². The summed E-state index contributed by atoms with van der Waals surface area (Å²) in [6.07, 6.45) is 1.46. The molecule has 168 valence electrons. The van der Waals surface area contributed by atoms with Gasteiger partial charge >= 0.3 is 0 Å². The number of anilines is 1. The van der Waals surface area contributed by atoms with Crippen LogP contribution < -0.4 is 10.2 Å². The van der Waals surface area contributed by atoms with Gasteiger partial charge in [0.15, 0.2) is 0 Å². The predicted molar refractivity (Wildman–Crippen MR) is 123 cm³/mol. The summed E-state index contributed by atoms with van der Waals surface area (Å²) in [4.78, 5) is 2.24. The molecule has 0 radical (unpaired) electrons. The fourth-order valence-corrected chi connectivity index (χ4v) is 4.67. The number of aliphatic hydroxyl groups is 1. The van der Waals surface area contributed by atoms with Crippen LogP contribution in [0.2, 0.25) is 0 Å². The van der Waals surface area contributed by atoms with Crippen molar-refractivity contribution in [2.75, 3.05) is 4.90 Å². The van der Waals surface area contributed by atoms with E-state index in [-0.39, 0.29) is 35.6 Å². The van der Waals surface area contributed by atoms with Gasteiger partial charge in [-0.05, 0) is 68.1 Å². The largest absolute Gasteiger partial charge is 0.508 e. The Hall–Kier alpha value is -3.09. The summed E-state index contributed by atoms with van der Waals surface area (Å²) in [5.74, 6) is -0.235. The van der Waals surface area contributed by atoms with Gasteiger partial charge in [0.1, 0.15) is 17.3 Å². The fourth-order valence-electron chi connectivity index (χ4n) is 4.67. The summed E-state index contributed by atoms with van der Waals surface area (Å²) in [6, 6.07) is 20.6. The molecule has 1 aliphatic rings. The third kappa shape index (κ3) is 4.71. The van der Waals surface area contributed by atoms with Gasteiger partial charge < -0.3 is 20.2 Å². The Bertz CT molecular complexity index is 1030. The first-order valence-corrected chi connectivity index (χ1v) is 11.0. The predicted octanol–water partition coefficient (Wildman–Crippen LogP) is 5.01. The quantitative estimate of drug-likeness (QED) is 0.419. The maximum atomic E-state index is 13.2. The SMILES string of the molecule is CC1NC(CCCC(O)c2ccc(F)cc2)C(c2ccc(O)cc2O)N1c1ccccc1. The highest BCUT2D eigenvalue weighted by Gasteiger charge is 2.40. The molecule has 6 heteroatoms. The summed E-state index contributed by atoms with van der Waals surface area (Å²) in [5, 5.41) is 34.5. The third-order valence-electron chi connectivity index (χ3n) is 6.19. The Morgan fingerprint density at radius 1 is 1.00 bits per heavy atom. The molecule has 0 bridgehead atoms. The number of aliphatic hydroxyl groups excluding tert-OH is 1. The summed E-state index contributed by atoms with van der Waals surface area (Å²) in [5.41, 5.74) is 2.49. The molecule has 1 aliphatic heterocycles. The van der Waals surface area contributed by atoms with Gasteiger partial charge in [-0.15, -0.1) is 0 Å². The number of phenolic OH excluding ortho intramolecular Hbond substituents is 2. The second-order valence-electron chi connectivity index (χ2n) is 8.38. The van der Waals surface area contributed by atoms with Gasteiger partial charge in [0.05, 0.1) is 18.3 Å². The van der Waals surface area contributed by atoms with Gasteiger partial charge in [0.2, 0.25) is 0 Å². The van der Waals surface area contributed by atoms with Gasteiger partial charge in [-0.3, -0.25) is 5.32 Å². The second kappa shape index (κ2) is 9.59. The van der Waals surface area contributed by atoms with E-state index in [0.717, 1.165) is 24.1 Å². The first-order valence-electron chi connectivity index (χ1n) is 11.0. The Morgan fingerprint density at radius 3 is 2.41 bits per heavy atom. The lowest BCUT2D eigenvalue weighted by Gasteiger charge is -2.32. The number of para-hydroxylation sites is 1. The minimum absolute atomic E-state index is 0.0236. The van der Waals surface area contributed by atoms with Crippen LogP contribution in [-0.4, -0.2) is 27.5 Å². The van der Waals surface area contributed by atoms with E-state index < -0.39 is 6.10 Å². The Kier molecular flexibility index (Phi) is 6.63. The minimum Gasteiger partial charge on any atom is -0.508 e. The summed E-state index contributed by atoms with van der Waals surface area (Å²) < 4.78 is 13.2. The molecule has 4 atom stereocenters. The third-order valence-corrected chi connectivity index (χ3v) is 6.19. The maximum absolute atomic E-state index is 13.2. The molecule has 1 fully saturated rings. The van der Waals surface area contributed by atoms with E-state index in [1.54, 1.807) is 24.3 Å². The summed E-state index contributed by atoms with van der Waals surface area (Å²) in [7, 11) is 0. The van der Waals surface area contributed by atoms with Crippen LogP contribution in [0.3, 0.4) is 0 Å². The molecule has 32 heavy (non-hydrogen) atoms. The molecule has 4 N–H and O–H groups in total. The highest BCUT2D eigenvalue weighted by Crippen LogP contribution is 2.42. The topological polar surface area (TPSA) is 76.0 Å². The molecule has 0 amide bonds. The monoisotopic (exact) mass is 436 g/mol. The van der Waals surface area contributed by atoms with Crippen molar-refractivity contribution in [2.45, 2.75) is 50.5 Å². The van der Waals surface area contributed by atoms with Crippen molar-refractivity contribution in [3.63, 3.8) is 0 Å². The Labute approximate surface area is 187 Å². The minimum atomic E-state index is -0.653. The van der Waals surface area contributed by atoms with Crippen LogP contribution in [0.4, 0.5) is 10.1 Å². The van der Waals surface area contributed by atoms with Crippen LogP contribution in [0.25, 0.3) is 0 Å². The van der Waals surface area contributed by atoms with E-state index >= 15 is 0 Å². The van der Waals surface area contributed by atoms with E-state index in [9.17, 15) is 19.7 Å². The lowest BCUT2D eigenvalue weighted by molar-refractivity contribution is 0.162. The molecule has 3 aromatic carbocycles. The van der Waals surface area contributed by atoms with Crippen molar-refractivity contribution in [1.29, 1.82) is 0 Å². The lowest BCUT2D eigenvalue weighted by Crippen LogP contribution is -2.33. The number of benzene rings is 3. The summed E-state index contributed by atoms with van der Waals surface area (Å²) >= 11 is 0. The van der Waals surface area contributed by atoms with Crippen LogP contribution in [-0.2, 0) is 0 Å². The van der Waals surface area contributed by atoms with E-state index in [0.29, 0.717) is 12.0 Å². The van der Waals surface area contributed by atoms with Gasteiger partial charge in [0.25, 0.3) is 0 Å². The van der Waals surface area contributed by atoms with Gasteiger partial charge in [-0.1, -0.05) is 30.3 Å². The smallest absolute Gasteiger partial charge is 0.124 e. The number of phenols is 2. The van der Waals surface area contributed by atoms with Crippen molar-refractivity contribution < 1.29 is 19.7 Å². The molecule has 3 aromatic rings. The molecule has 0 spiro atoms. The van der Waals surface area contributed by atoms with Crippen LogP contribution in [0.15, 0.2) is 72.8 Å². The van der Waals surface area contributed by atoms with E-state index in [2.05, 4.69) is 17.1 Å². The molecule has 4 unspecified atom stereocenters. The maximum Gasteiger partial charge on any atom is 0.124 e. The van der Waals surface area contributed by atoms with Crippen LogP contribution >= 0.6 is 0 Å². The van der Waals surface area contributed by atoms with E-state index in [1.807, 2.05) is 30.3 Å². The zero-order valence-electron chi connectivity index (χ0n) is 18.0. The van der Waals surface area contributed by atoms with Crippen LogP contribution in [0, 0.1) is 5.82 Å². The van der Waals surface area contributed by atoms with Gasteiger partial charge in [-0.2, -0.15) is 0 Å². The van der Waals surface area contributed by atoms with Crippen LogP contribution in [0.5, 0.6) is 11.5 Å². The van der Waals surface area contributed by atoms with Gasteiger partial charge in [0, 0.05) is 23.4 Å². The molecule has 0 saturated carbocycles. The first kappa shape index (κ1) is 22.1. The van der Waals surface area contributed by atoms with Crippen molar-refractivity contribution in [3.05, 3.63) is 89.7 Å². The van der Waals surface area contributed by atoms with E-state index in [4.69, 9.17) is 0 Å². The lowest BCUT2D eigenvalue weighted by atomic mass is 9.93. The Morgan fingerprint density at radius 2 is 1.72 bits per heavy atom. The zero-order chi connectivity index (χ0) is 22.7. The normalized spacial score (nSPS) is 21.6. The number of nitrogens with one attached hydrogen (secondary N) is 1. The molecule has 1 saturated heterocycles. The van der Waals surface area contributed by atoms with E-state index in [1.165, 1.54) is 18.2 Å². The fraction of sp³-hybridized carbons (Fsp3) is 0.308. The molecule has 0 aromatic heterocycles. The molecule has 1 heterocycles. The summed E-state index contributed by atoms with van der Waals surface area (Å²) in [6.45, 7) is 2.09. The second-order valence-corrected chi connectivity index (χ2v) is 8.38. The van der Waals surface area contributed by atoms with Crippen molar-refractivity contribution in [2.24, 2.45) is 0 Å². The first-order chi connectivity index (χ1) is 15.4. The number of hydrogen-bond donors (Lipinski definition) is 4. The Balaban J connectivity index is 1.54. The molecular weight excluding hydrogens is 407 g/mol. The average Bonchev–Trinajstić information content (AvgIpc) is 3.10. The van der Waals surface area contributed by atoms with Crippen molar-refractivity contribution in [1.82, 2.24) is 5.32 Å². The highest BCUT2D eigenvalue weighted by molar-refractivity contribution is 5.54. The number of nitrogens with zero attached hydrogens (tertiary/aromatic N) is 1. The number of aromatic hydroxyl groups is 2. The average molecular weight is 437 g/mol. The zero-order valence-corrected chi connectivity index (χ0v) is 18.0. The number of halogens is 1. The molecule has 4 rings (SSSR count). The molecule has 5 nitrogen and oxygen atoms in total. The van der Waals surface area contributed by atoms with Crippen molar-refractivity contribution >= 4 is 5.69 Å². The highest BCUT2D eigenvalue weighted by atomic mass is 19.1. The standard InChI is InChI=1S/C26H29FN2O3/c1-17-28-23(8-5-9-24(31)18-10-12-19(27)13-11-18)26(22-15-14-21(30)16-25(22)32)29(17)20-6-3-2-4-7-20/h2-4,6-7,10-17,23-24,26,28,30-32H,5,8-9H2,1H3. The molecular formula is C26H29FN2O3. The number of hydrogen-bond acceptors (Lipinski definition) is 5. The molecule has 0 aliphatic carbocycles. The van der Waals surface area contributed by atoms with Crippen molar-refractivity contribution in [3.8, 4) is 11.5 Å². The number of rotatable bonds is 7. The van der Waals surface area contributed by atoms with Crippen LogP contribution in [0.1, 0.15) is 49.5 Å².